The molecular weight excluding hydrogens is 324 g/mol. The predicted octanol–water partition coefficient (Wildman–Crippen LogP) is 4.11. The number of hydrogen-bond donors (Lipinski definition) is 0. The van der Waals surface area contributed by atoms with Crippen LogP contribution in [0.3, 0.4) is 0 Å². The third-order valence-corrected chi connectivity index (χ3v) is 5.35. The number of thiocarbonyl (C=S) groups is 1. The van der Waals surface area contributed by atoms with Gasteiger partial charge in [-0.05, 0) is 37.6 Å². The molecule has 23 heavy (non-hydrogen) atoms. The number of aryl methyl sites for hydroxylation is 1. The molecule has 0 bridgehead atoms. The molecule has 118 valence electrons. The summed E-state index contributed by atoms with van der Waals surface area (Å²) < 4.78 is 0.594. The number of carbonyl (C=O) groups excluding carboxylic acids is 1. The van der Waals surface area contributed by atoms with E-state index >= 15 is 0 Å². The van der Waals surface area contributed by atoms with Crippen molar-refractivity contribution in [2.45, 2.75) is 13.8 Å². The number of rotatable bonds is 3. The number of amides is 1. The molecule has 0 aromatic heterocycles. The van der Waals surface area contributed by atoms with Crippen molar-refractivity contribution in [2.24, 2.45) is 0 Å². The van der Waals surface area contributed by atoms with Gasteiger partial charge in [-0.25, -0.2) is 0 Å². The number of nitrogens with zero attached hydrogens (tertiary/aromatic N) is 2. The molecular formula is C18H18N2OS2. The van der Waals surface area contributed by atoms with Gasteiger partial charge in [0.05, 0.1) is 5.70 Å². The SMILES string of the molecule is C=CCN1C(=O)/C(=C2\C=Cc3cc(C)ccc3N2CC)SC1=S. The summed E-state index contributed by atoms with van der Waals surface area (Å²) >= 11 is 6.71. The van der Waals surface area contributed by atoms with E-state index in [9.17, 15) is 4.79 Å². The van der Waals surface area contributed by atoms with E-state index in [4.69, 9.17) is 12.2 Å². The van der Waals surface area contributed by atoms with Crippen LogP contribution in [0.5, 0.6) is 0 Å². The zero-order chi connectivity index (χ0) is 16.6. The number of benzene rings is 1. The van der Waals surface area contributed by atoms with Crippen molar-refractivity contribution < 1.29 is 4.79 Å². The first-order chi connectivity index (χ1) is 11.1. The molecule has 0 aliphatic carbocycles. The van der Waals surface area contributed by atoms with E-state index in [0.717, 1.165) is 17.9 Å². The largest absolute Gasteiger partial charge is 0.340 e. The second-order valence-corrected chi connectivity index (χ2v) is 7.07. The quantitative estimate of drug-likeness (QED) is 0.469. The highest BCUT2D eigenvalue weighted by molar-refractivity contribution is 8.26. The topological polar surface area (TPSA) is 23.6 Å². The molecule has 2 heterocycles. The van der Waals surface area contributed by atoms with Crippen LogP contribution in [-0.2, 0) is 4.79 Å². The minimum Gasteiger partial charge on any atom is -0.340 e. The first-order valence-electron chi connectivity index (χ1n) is 7.52. The van der Waals surface area contributed by atoms with Crippen molar-refractivity contribution in [2.75, 3.05) is 18.0 Å². The summed E-state index contributed by atoms with van der Waals surface area (Å²) in [7, 11) is 0. The van der Waals surface area contributed by atoms with Gasteiger partial charge in [-0.1, -0.05) is 47.8 Å². The van der Waals surface area contributed by atoms with Crippen molar-refractivity contribution in [1.82, 2.24) is 4.90 Å². The van der Waals surface area contributed by atoms with Crippen molar-refractivity contribution in [3.8, 4) is 0 Å². The lowest BCUT2D eigenvalue weighted by Gasteiger charge is -2.30. The molecule has 5 heteroatoms. The summed E-state index contributed by atoms with van der Waals surface area (Å²) in [6, 6.07) is 6.37. The Balaban J connectivity index is 2.07. The lowest BCUT2D eigenvalue weighted by Crippen LogP contribution is -2.30. The van der Waals surface area contributed by atoms with Crippen molar-refractivity contribution in [1.29, 1.82) is 0 Å². The summed E-state index contributed by atoms with van der Waals surface area (Å²) in [5.74, 6) is -0.0337. The van der Waals surface area contributed by atoms with Crippen LogP contribution in [-0.4, -0.2) is 28.2 Å². The molecule has 1 fully saturated rings. The highest BCUT2D eigenvalue weighted by Crippen LogP contribution is 2.39. The van der Waals surface area contributed by atoms with E-state index in [-0.39, 0.29) is 5.91 Å². The van der Waals surface area contributed by atoms with Gasteiger partial charge in [-0.2, -0.15) is 0 Å². The minimum absolute atomic E-state index is 0.0337. The number of likely N-dealkylation sites (N-methyl/N-ethyl adjacent to an activating group) is 1. The minimum atomic E-state index is -0.0337. The van der Waals surface area contributed by atoms with Crippen LogP contribution in [0, 0.1) is 6.92 Å². The molecule has 0 N–H and O–H groups in total. The summed E-state index contributed by atoms with van der Waals surface area (Å²) in [5.41, 5.74) is 4.46. The van der Waals surface area contributed by atoms with Gasteiger partial charge < -0.3 is 4.90 Å². The molecule has 1 aromatic carbocycles. The van der Waals surface area contributed by atoms with Gasteiger partial charge >= 0.3 is 0 Å². The smallest absolute Gasteiger partial charge is 0.268 e. The first kappa shape index (κ1) is 16.0. The molecule has 1 saturated heterocycles. The fourth-order valence-corrected chi connectivity index (χ4v) is 4.15. The fourth-order valence-electron chi connectivity index (χ4n) is 2.82. The molecule has 1 amide bonds. The van der Waals surface area contributed by atoms with Crippen molar-refractivity contribution in [3.63, 3.8) is 0 Å². The normalized spacial score (nSPS) is 20.3. The molecule has 0 radical (unpaired) electrons. The van der Waals surface area contributed by atoms with Gasteiger partial charge in [0.25, 0.3) is 5.91 Å². The summed E-state index contributed by atoms with van der Waals surface area (Å²) in [6.45, 7) is 9.12. The van der Waals surface area contributed by atoms with Crippen LogP contribution in [0.15, 0.2) is 47.5 Å². The van der Waals surface area contributed by atoms with Crippen LogP contribution in [0.1, 0.15) is 18.1 Å². The van der Waals surface area contributed by atoms with Crippen LogP contribution >= 0.6 is 24.0 Å². The summed E-state index contributed by atoms with van der Waals surface area (Å²) in [6.07, 6.45) is 5.79. The number of fused-ring (bicyclic) bond motifs is 1. The Morgan fingerprint density at radius 2 is 2.09 bits per heavy atom. The number of allylic oxidation sites excluding steroid dienone is 1. The maximum Gasteiger partial charge on any atom is 0.268 e. The van der Waals surface area contributed by atoms with E-state index in [2.05, 4.69) is 49.6 Å². The molecule has 0 unspecified atom stereocenters. The third-order valence-electron chi connectivity index (χ3n) is 3.90. The van der Waals surface area contributed by atoms with E-state index in [1.165, 1.54) is 22.9 Å². The second-order valence-electron chi connectivity index (χ2n) is 5.43. The van der Waals surface area contributed by atoms with Gasteiger partial charge in [0.2, 0.25) is 0 Å². The molecule has 0 atom stereocenters. The van der Waals surface area contributed by atoms with Gasteiger partial charge in [0.1, 0.15) is 9.23 Å². The monoisotopic (exact) mass is 342 g/mol. The average Bonchev–Trinajstić information content (AvgIpc) is 2.82. The van der Waals surface area contributed by atoms with Gasteiger partial charge in [0.15, 0.2) is 0 Å². The molecule has 0 saturated carbocycles. The number of hydrogen-bond acceptors (Lipinski definition) is 4. The Hall–Kier alpha value is -1.85. The summed E-state index contributed by atoms with van der Waals surface area (Å²) in [5, 5.41) is 0. The molecule has 2 aliphatic rings. The van der Waals surface area contributed by atoms with Crippen molar-refractivity contribution >= 4 is 46.0 Å². The predicted molar refractivity (Wildman–Crippen MR) is 102 cm³/mol. The molecule has 1 aromatic rings. The standard InChI is InChI=1S/C18H18N2OS2/c1-4-10-20-17(21)16(23-18(20)22)15-9-7-13-11-12(3)6-8-14(13)19(15)5-2/h4,6-9,11H,1,5,10H2,2-3H3/b16-15-. The van der Waals surface area contributed by atoms with E-state index in [0.29, 0.717) is 15.8 Å². The van der Waals surface area contributed by atoms with Crippen LogP contribution in [0.2, 0.25) is 0 Å². The Labute approximate surface area is 146 Å². The third kappa shape index (κ3) is 2.75. The maximum absolute atomic E-state index is 12.7. The zero-order valence-electron chi connectivity index (χ0n) is 13.2. The molecule has 2 aliphatic heterocycles. The number of carbonyl (C=O) groups is 1. The Kier molecular flexibility index (Phi) is 4.41. The molecule has 0 spiro atoms. The Bertz CT molecular complexity index is 764. The fraction of sp³-hybridized carbons (Fsp3) is 0.222. The Morgan fingerprint density at radius 3 is 2.78 bits per heavy atom. The lowest BCUT2D eigenvalue weighted by atomic mass is 10.0. The maximum atomic E-state index is 12.7. The number of thioether (sulfide) groups is 1. The van der Waals surface area contributed by atoms with Gasteiger partial charge in [-0.3, -0.25) is 9.69 Å². The second kappa shape index (κ2) is 6.34. The van der Waals surface area contributed by atoms with Crippen LogP contribution in [0.4, 0.5) is 5.69 Å². The summed E-state index contributed by atoms with van der Waals surface area (Å²) in [4.78, 5) is 17.2. The lowest BCUT2D eigenvalue weighted by molar-refractivity contribution is -0.121. The van der Waals surface area contributed by atoms with Crippen LogP contribution in [0.25, 0.3) is 6.08 Å². The Morgan fingerprint density at radius 1 is 1.30 bits per heavy atom. The van der Waals surface area contributed by atoms with E-state index < -0.39 is 0 Å². The van der Waals surface area contributed by atoms with E-state index in [1.807, 2.05) is 6.08 Å². The molecule has 3 nitrogen and oxygen atoms in total. The highest BCUT2D eigenvalue weighted by Gasteiger charge is 2.35. The van der Waals surface area contributed by atoms with Gasteiger partial charge in [0, 0.05) is 18.8 Å². The van der Waals surface area contributed by atoms with Crippen molar-refractivity contribution in [3.05, 3.63) is 58.7 Å². The zero-order valence-corrected chi connectivity index (χ0v) is 14.8. The van der Waals surface area contributed by atoms with Gasteiger partial charge in [-0.15, -0.1) is 6.58 Å². The number of anilines is 1. The first-order valence-corrected chi connectivity index (χ1v) is 8.74. The average molecular weight is 342 g/mol. The van der Waals surface area contributed by atoms with Crippen LogP contribution < -0.4 is 4.90 Å². The van der Waals surface area contributed by atoms with E-state index in [1.54, 1.807) is 11.0 Å². The highest BCUT2D eigenvalue weighted by atomic mass is 32.2. The molecule has 3 rings (SSSR count).